The monoisotopic (exact) mass is 1280 g/mol. The number of likely N-dealkylation sites (N-methyl/N-ethyl adjacent to an activating group) is 1. The molecule has 0 saturated carbocycles. The van der Waals surface area contributed by atoms with Gasteiger partial charge in [-0.15, -0.1) is 0 Å². The second-order valence-corrected chi connectivity index (χ2v) is 31.0. The third-order valence-corrected chi connectivity index (χ3v) is 20.2. The summed E-state index contributed by atoms with van der Waals surface area (Å²) < 4.78 is 24.0. The Bertz CT molecular complexity index is 1460. The van der Waals surface area contributed by atoms with E-state index >= 15 is 0 Å². The molecular weight excluding hydrogens is 1120 g/mol. The zero-order valence-electron chi connectivity index (χ0n) is 61.2. The fourth-order valence-electron chi connectivity index (χ4n) is 13.0. The number of amides is 1. The van der Waals surface area contributed by atoms with E-state index in [-0.39, 0.29) is 19.1 Å². The van der Waals surface area contributed by atoms with E-state index in [1.807, 2.05) is 21.1 Å². The fourth-order valence-corrected chi connectivity index (χ4v) is 13.7. The number of quaternary nitrogens is 1. The first-order valence-corrected chi connectivity index (χ1v) is 42.0. The van der Waals surface area contributed by atoms with Gasteiger partial charge in [0, 0.05) is 6.42 Å². The lowest BCUT2D eigenvalue weighted by Gasteiger charge is -2.26. The van der Waals surface area contributed by atoms with Crippen LogP contribution in [0.5, 0.6) is 0 Å². The molecule has 0 aliphatic heterocycles. The summed E-state index contributed by atoms with van der Waals surface area (Å²) in [5.74, 6) is -0.132. The van der Waals surface area contributed by atoms with E-state index in [2.05, 4.69) is 31.3 Å². The van der Waals surface area contributed by atoms with Crippen molar-refractivity contribution in [3.05, 3.63) is 12.2 Å². The molecule has 3 N–H and O–H groups in total. The van der Waals surface area contributed by atoms with Crippen LogP contribution in [0.1, 0.15) is 444 Å². The highest BCUT2D eigenvalue weighted by molar-refractivity contribution is 7.47. The minimum atomic E-state index is -4.33. The van der Waals surface area contributed by atoms with Gasteiger partial charge in [-0.3, -0.25) is 13.8 Å². The van der Waals surface area contributed by atoms with Crippen molar-refractivity contribution in [2.75, 3.05) is 40.9 Å². The van der Waals surface area contributed by atoms with Gasteiger partial charge in [-0.25, -0.2) is 4.57 Å². The number of unbranched alkanes of at least 4 members (excludes halogenated alkanes) is 62. The maximum atomic E-state index is 13.1. The number of hydrogen-bond acceptors (Lipinski definition) is 5. The lowest BCUT2D eigenvalue weighted by atomic mass is 10.0. The number of carbonyl (C=O) groups excluding carboxylic acids is 1. The summed E-state index contributed by atoms with van der Waals surface area (Å²) in [6.45, 7) is 4.97. The second kappa shape index (κ2) is 71.5. The molecule has 0 aromatic carbocycles. The van der Waals surface area contributed by atoms with Crippen LogP contribution in [-0.4, -0.2) is 73.4 Å². The lowest BCUT2D eigenvalue weighted by molar-refractivity contribution is -0.870. The van der Waals surface area contributed by atoms with Gasteiger partial charge >= 0.3 is 7.82 Å². The number of aliphatic hydroxyl groups excluding tert-OH is 1. The minimum absolute atomic E-state index is 0.0788. The molecule has 1 amide bonds. The van der Waals surface area contributed by atoms with Gasteiger partial charge in [0.25, 0.3) is 0 Å². The van der Waals surface area contributed by atoms with Crippen LogP contribution in [0.2, 0.25) is 0 Å². The number of allylic oxidation sites excluding steroid dienone is 2. The smallest absolute Gasteiger partial charge is 0.391 e. The summed E-state index contributed by atoms with van der Waals surface area (Å²) in [4.78, 5) is 23.5. The highest BCUT2D eigenvalue weighted by Crippen LogP contribution is 2.43. The van der Waals surface area contributed by atoms with Crippen molar-refractivity contribution in [1.82, 2.24) is 5.32 Å². The Kier molecular flexibility index (Phi) is 70.9. The van der Waals surface area contributed by atoms with Gasteiger partial charge in [0.1, 0.15) is 13.2 Å². The number of phosphoric ester groups is 1. The highest BCUT2D eigenvalue weighted by atomic mass is 31.2. The third-order valence-electron chi connectivity index (χ3n) is 19.3. The number of nitrogens with one attached hydrogen (secondary N) is 1. The maximum Gasteiger partial charge on any atom is 0.472 e. The summed E-state index contributed by atoms with van der Waals surface area (Å²) in [5.41, 5.74) is 0. The molecule has 0 aromatic rings. The lowest BCUT2D eigenvalue weighted by Crippen LogP contribution is -2.46. The standard InChI is InChI=1S/C80H161N2O6P/c1-6-8-10-12-14-16-18-20-22-24-26-28-30-32-34-36-38-40-41-42-44-46-48-50-52-54-56-58-60-62-64-66-68-70-72-74-80(84)81-78(77-88-89(85,86)87-76-75-82(3,4)5)79(83)73-71-69-67-65-63-61-59-57-55-53-51-49-47-45-43-39-37-35-33-31-29-27-25-23-21-19-17-15-13-11-9-7-2/h24,26,78-79,83H,6-23,25,27-77H2,1-5H3,(H-,81,84,85,86)/p+1/b26-24-. The van der Waals surface area contributed by atoms with Gasteiger partial charge in [0.05, 0.1) is 39.9 Å². The molecule has 0 aliphatic carbocycles. The number of phosphoric acid groups is 1. The number of carbonyl (C=O) groups is 1. The van der Waals surface area contributed by atoms with Crippen molar-refractivity contribution >= 4 is 13.7 Å². The number of hydrogen-bond donors (Lipinski definition) is 3. The van der Waals surface area contributed by atoms with E-state index in [1.165, 1.54) is 379 Å². The molecule has 0 rings (SSSR count). The molecule has 0 saturated heterocycles. The molecule has 0 fully saturated rings. The minimum Gasteiger partial charge on any atom is -0.391 e. The topological polar surface area (TPSA) is 105 Å². The van der Waals surface area contributed by atoms with Gasteiger partial charge in [0.15, 0.2) is 0 Å². The summed E-state index contributed by atoms with van der Waals surface area (Å²) in [7, 11) is 1.64. The number of rotatable bonds is 77. The van der Waals surface area contributed by atoms with Crippen LogP contribution in [-0.2, 0) is 18.4 Å². The van der Waals surface area contributed by atoms with E-state index < -0.39 is 20.0 Å². The van der Waals surface area contributed by atoms with Crippen LogP contribution < -0.4 is 5.32 Å². The SMILES string of the molecule is CCCCCCCCCC/C=C\CCCCCCCCCCCCCCCCCCCCCCCCCC(=O)NC(COP(=O)(O)OCC[N+](C)(C)C)C(O)CCCCCCCCCCCCCCCCCCCCCCCCCCCCCCCCCC. The van der Waals surface area contributed by atoms with Gasteiger partial charge in [-0.05, 0) is 38.5 Å². The van der Waals surface area contributed by atoms with Crippen molar-refractivity contribution in [1.29, 1.82) is 0 Å². The molecule has 532 valence electrons. The Morgan fingerprint density at radius 3 is 0.865 bits per heavy atom. The molecule has 89 heavy (non-hydrogen) atoms. The van der Waals surface area contributed by atoms with Crippen molar-refractivity contribution in [3.8, 4) is 0 Å². The summed E-state index contributed by atoms with van der Waals surface area (Å²) in [6, 6.07) is -0.759. The number of aliphatic hydroxyl groups is 1. The third kappa shape index (κ3) is 74.5. The molecule has 8 nitrogen and oxygen atoms in total. The highest BCUT2D eigenvalue weighted by Gasteiger charge is 2.28. The Balaban J connectivity index is 3.90. The first-order valence-electron chi connectivity index (χ1n) is 40.6. The quantitative estimate of drug-likeness (QED) is 0.0243. The predicted molar refractivity (Wildman–Crippen MR) is 392 cm³/mol. The normalized spacial score (nSPS) is 13.5. The summed E-state index contributed by atoms with van der Waals surface area (Å²) in [6.07, 6.45) is 93.7. The Morgan fingerprint density at radius 1 is 0.371 bits per heavy atom. The maximum absolute atomic E-state index is 13.1. The molecule has 0 spiro atoms. The summed E-state index contributed by atoms with van der Waals surface area (Å²) >= 11 is 0. The molecule has 0 bridgehead atoms. The van der Waals surface area contributed by atoms with Crippen LogP contribution in [0, 0.1) is 0 Å². The molecule has 9 heteroatoms. The number of nitrogens with zero attached hydrogens (tertiary/aromatic N) is 1. The molecule has 3 atom stereocenters. The zero-order chi connectivity index (χ0) is 64.8. The van der Waals surface area contributed by atoms with Gasteiger partial charge < -0.3 is 19.8 Å². The predicted octanol–water partition coefficient (Wildman–Crippen LogP) is 26.4. The van der Waals surface area contributed by atoms with Crippen molar-refractivity contribution in [3.63, 3.8) is 0 Å². The largest absolute Gasteiger partial charge is 0.472 e. The average Bonchev–Trinajstić information content (AvgIpc) is 3.64. The van der Waals surface area contributed by atoms with E-state index in [1.54, 1.807) is 0 Å². The van der Waals surface area contributed by atoms with Crippen LogP contribution in [0.3, 0.4) is 0 Å². The van der Waals surface area contributed by atoms with Crippen LogP contribution in [0.25, 0.3) is 0 Å². The van der Waals surface area contributed by atoms with Crippen molar-refractivity contribution in [2.45, 2.75) is 456 Å². The van der Waals surface area contributed by atoms with Crippen molar-refractivity contribution < 1.29 is 32.9 Å². The molecule has 0 heterocycles. The molecule has 3 unspecified atom stereocenters. The first kappa shape index (κ1) is 88.2. The average molecular weight is 1280 g/mol. The second-order valence-electron chi connectivity index (χ2n) is 29.5. The summed E-state index contributed by atoms with van der Waals surface area (Å²) in [5, 5.41) is 14.2. The van der Waals surface area contributed by atoms with Crippen LogP contribution in [0.15, 0.2) is 12.2 Å². The fraction of sp³-hybridized carbons (Fsp3) is 0.963. The molecule has 0 aromatic heterocycles. The van der Waals surface area contributed by atoms with E-state index in [0.29, 0.717) is 23.9 Å². The van der Waals surface area contributed by atoms with Crippen LogP contribution >= 0.6 is 7.82 Å². The van der Waals surface area contributed by atoms with E-state index in [4.69, 9.17) is 9.05 Å². The zero-order valence-corrected chi connectivity index (χ0v) is 62.1. The van der Waals surface area contributed by atoms with Gasteiger partial charge in [0.2, 0.25) is 5.91 Å². The van der Waals surface area contributed by atoms with Gasteiger partial charge in [-0.2, -0.15) is 0 Å². The van der Waals surface area contributed by atoms with Crippen LogP contribution in [0.4, 0.5) is 0 Å². The Morgan fingerprint density at radius 2 is 0.607 bits per heavy atom. The Hall–Kier alpha value is -0.760. The molecule has 0 radical (unpaired) electrons. The van der Waals surface area contributed by atoms with Gasteiger partial charge in [-0.1, -0.05) is 411 Å². The Labute approximate surface area is 558 Å². The van der Waals surface area contributed by atoms with E-state index in [9.17, 15) is 19.4 Å². The van der Waals surface area contributed by atoms with Crippen molar-refractivity contribution in [2.24, 2.45) is 0 Å². The molecular formula is C80H162N2O6P+. The molecule has 0 aliphatic rings. The van der Waals surface area contributed by atoms with E-state index in [0.717, 1.165) is 38.5 Å². The first-order chi connectivity index (χ1) is 43.5.